The Bertz CT molecular complexity index is 193. The van der Waals surface area contributed by atoms with Crippen LogP contribution >= 0.6 is 0 Å². The van der Waals surface area contributed by atoms with Gasteiger partial charge in [-0.15, -0.1) is 0 Å². The van der Waals surface area contributed by atoms with Gasteiger partial charge in [0, 0.05) is 6.54 Å². The summed E-state index contributed by atoms with van der Waals surface area (Å²) >= 11 is 0. The van der Waals surface area contributed by atoms with Crippen molar-refractivity contribution >= 4 is 0 Å². The van der Waals surface area contributed by atoms with Crippen molar-refractivity contribution in [3.63, 3.8) is 0 Å². The van der Waals surface area contributed by atoms with Crippen LogP contribution in [0.1, 0.15) is 53.4 Å². The number of hydrogen-bond donors (Lipinski definition) is 1. The van der Waals surface area contributed by atoms with Gasteiger partial charge in [0.25, 0.3) is 0 Å². The van der Waals surface area contributed by atoms with Crippen LogP contribution in [0, 0.1) is 17.8 Å². The lowest BCUT2D eigenvalue weighted by atomic mass is 9.75. The Hall–Kier alpha value is -0.0800. The predicted octanol–water partition coefficient (Wildman–Crippen LogP) is 3.46. The van der Waals surface area contributed by atoms with E-state index in [-0.39, 0.29) is 0 Å². The maximum absolute atomic E-state index is 6.11. The normalized spacial score (nSPS) is 29.8. The van der Waals surface area contributed by atoms with Crippen LogP contribution in [-0.2, 0) is 4.74 Å². The first-order valence-electron chi connectivity index (χ1n) is 7.47. The first-order valence-corrected chi connectivity index (χ1v) is 7.47. The lowest BCUT2D eigenvalue weighted by molar-refractivity contribution is -0.0366. The molecule has 1 rings (SSSR count). The highest BCUT2D eigenvalue weighted by Gasteiger charge is 2.31. The number of rotatable bonds is 7. The van der Waals surface area contributed by atoms with E-state index < -0.39 is 0 Å². The smallest absolute Gasteiger partial charge is 0.0608 e. The molecule has 2 nitrogen and oxygen atoms in total. The Kier molecular flexibility index (Phi) is 7.14. The molecule has 3 atom stereocenters. The van der Waals surface area contributed by atoms with Crippen molar-refractivity contribution in [2.75, 3.05) is 19.7 Å². The van der Waals surface area contributed by atoms with Gasteiger partial charge in [-0.1, -0.05) is 34.1 Å². The van der Waals surface area contributed by atoms with Crippen molar-refractivity contribution in [2.45, 2.75) is 59.5 Å². The van der Waals surface area contributed by atoms with Gasteiger partial charge in [-0.05, 0) is 43.6 Å². The van der Waals surface area contributed by atoms with Crippen molar-refractivity contribution in [1.29, 1.82) is 0 Å². The van der Waals surface area contributed by atoms with E-state index in [0.717, 1.165) is 37.5 Å². The highest BCUT2D eigenvalue weighted by atomic mass is 16.5. The van der Waals surface area contributed by atoms with Gasteiger partial charge in [0.1, 0.15) is 0 Å². The Morgan fingerprint density at radius 2 is 2.00 bits per heavy atom. The van der Waals surface area contributed by atoms with Crippen molar-refractivity contribution in [3.05, 3.63) is 0 Å². The van der Waals surface area contributed by atoms with Gasteiger partial charge in [-0.3, -0.25) is 0 Å². The van der Waals surface area contributed by atoms with E-state index in [9.17, 15) is 0 Å². The van der Waals surface area contributed by atoms with Gasteiger partial charge in [-0.2, -0.15) is 0 Å². The van der Waals surface area contributed by atoms with Crippen molar-refractivity contribution in [2.24, 2.45) is 17.8 Å². The van der Waals surface area contributed by atoms with E-state index in [2.05, 4.69) is 33.0 Å². The molecule has 0 heterocycles. The van der Waals surface area contributed by atoms with Crippen molar-refractivity contribution < 1.29 is 4.74 Å². The Balaban J connectivity index is 2.26. The minimum Gasteiger partial charge on any atom is -0.377 e. The topological polar surface area (TPSA) is 21.3 Å². The molecule has 0 aliphatic heterocycles. The van der Waals surface area contributed by atoms with Crippen LogP contribution in [0.4, 0.5) is 0 Å². The van der Waals surface area contributed by atoms with E-state index in [1.807, 2.05) is 0 Å². The summed E-state index contributed by atoms with van der Waals surface area (Å²) in [5.74, 6) is 2.38. The molecule has 3 unspecified atom stereocenters. The van der Waals surface area contributed by atoms with Gasteiger partial charge in [0.2, 0.25) is 0 Å². The monoisotopic (exact) mass is 241 g/mol. The van der Waals surface area contributed by atoms with Crippen LogP contribution in [0.25, 0.3) is 0 Å². The molecule has 0 radical (unpaired) electrons. The van der Waals surface area contributed by atoms with Crippen LogP contribution in [0.2, 0.25) is 0 Å². The predicted molar refractivity (Wildman–Crippen MR) is 74.2 cm³/mol. The molecular formula is C15H31NO. The second kappa shape index (κ2) is 8.10. The van der Waals surface area contributed by atoms with Crippen LogP contribution < -0.4 is 5.32 Å². The Labute approximate surface area is 108 Å². The average molecular weight is 241 g/mol. The molecule has 0 saturated heterocycles. The van der Waals surface area contributed by atoms with Crippen LogP contribution in [0.15, 0.2) is 0 Å². The first kappa shape index (κ1) is 15.0. The molecule has 2 heteroatoms. The quantitative estimate of drug-likeness (QED) is 0.689. The fourth-order valence-electron chi connectivity index (χ4n) is 2.89. The minimum absolute atomic E-state index is 0.502. The van der Waals surface area contributed by atoms with Crippen LogP contribution in [-0.4, -0.2) is 25.8 Å². The zero-order chi connectivity index (χ0) is 12.7. The minimum atomic E-state index is 0.502. The van der Waals surface area contributed by atoms with Gasteiger partial charge in [0.15, 0.2) is 0 Å². The second-order valence-electron chi connectivity index (χ2n) is 5.99. The largest absolute Gasteiger partial charge is 0.377 e. The Morgan fingerprint density at radius 3 is 2.65 bits per heavy atom. The maximum atomic E-state index is 6.11. The standard InChI is InChI=1S/C15H31NO/c1-5-8-16-9-10-17-15-11-13(4)6-7-14(15)12(2)3/h12-16H,5-11H2,1-4H3. The SMILES string of the molecule is CCCNCCOC1CC(C)CCC1C(C)C. The molecule has 0 aromatic rings. The molecule has 102 valence electrons. The molecule has 1 aliphatic carbocycles. The average Bonchev–Trinajstić information content (AvgIpc) is 2.28. The molecule has 0 amide bonds. The zero-order valence-electron chi connectivity index (χ0n) is 12.2. The second-order valence-corrected chi connectivity index (χ2v) is 5.99. The molecule has 0 spiro atoms. The third-order valence-electron chi connectivity index (χ3n) is 4.00. The third-order valence-corrected chi connectivity index (χ3v) is 4.00. The van der Waals surface area contributed by atoms with Gasteiger partial charge in [0.05, 0.1) is 12.7 Å². The summed E-state index contributed by atoms with van der Waals surface area (Å²) in [6.07, 6.45) is 5.70. The molecule has 0 aromatic heterocycles. The molecule has 17 heavy (non-hydrogen) atoms. The fourth-order valence-corrected chi connectivity index (χ4v) is 2.89. The van der Waals surface area contributed by atoms with Gasteiger partial charge < -0.3 is 10.1 Å². The number of hydrogen-bond acceptors (Lipinski definition) is 2. The summed E-state index contributed by atoms with van der Waals surface area (Å²) in [6, 6.07) is 0. The van der Waals surface area contributed by atoms with Gasteiger partial charge in [-0.25, -0.2) is 0 Å². The van der Waals surface area contributed by atoms with E-state index in [1.165, 1.54) is 25.7 Å². The maximum Gasteiger partial charge on any atom is 0.0608 e. The molecule has 0 bridgehead atoms. The van der Waals surface area contributed by atoms with Crippen molar-refractivity contribution in [3.8, 4) is 0 Å². The van der Waals surface area contributed by atoms with Crippen molar-refractivity contribution in [1.82, 2.24) is 5.32 Å². The molecule has 1 fully saturated rings. The summed E-state index contributed by atoms with van der Waals surface area (Å²) < 4.78 is 6.11. The Morgan fingerprint density at radius 1 is 1.24 bits per heavy atom. The molecule has 1 saturated carbocycles. The summed E-state index contributed by atoms with van der Waals surface area (Å²) in [4.78, 5) is 0. The number of nitrogens with one attached hydrogen (secondary N) is 1. The lowest BCUT2D eigenvalue weighted by Gasteiger charge is -2.37. The summed E-state index contributed by atoms with van der Waals surface area (Å²) in [7, 11) is 0. The third kappa shape index (κ3) is 5.39. The van der Waals surface area contributed by atoms with Gasteiger partial charge >= 0.3 is 0 Å². The lowest BCUT2D eigenvalue weighted by Crippen LogP contribution is -2.36. The summed E-state index contributed by atoms with van der Waals surface area (Å²) in [5.41, 5.74) is 0. The molecule has 0 aromatic carbocycles. The molecule has 1 aliphatic rings. The molecular weight excluding hydrogens is 210 g/mol. The van der Waals surface area contributed by atoms with E-state index >= 15 is 0 Å². The first-order chi connectivity index (χ1) is 8.15. The van der Waals surface area contributed by atoms with Crippen LogP contribution in [0.5, 0.6) is 0 Å². The van der Waals surface area contributed by atoms with E-state index in [1.54, 1.807) is 0 Å². The van der Waals surface area contributed by atoms with Crippen LogP contribution in [0.3, 0.4) is 0 Å². The molecule has 1 N–H and O–H groups in total. The fraction of sp³-hybridized carbons (Fsp3) is 1.00. The van der Waals surface area contributed by atoms with E-state index in [0.29, 0.717) is 6.10 Å². The summed E-state index contributed by atoms with van der Waals surface area (Å²) in [5, 5.41) is 3.40. The van der Waals surface area contributed by atoms with E-state index in [4.69, 9.17) is 4.74 Å². The zero-order valence-corrected chi connectivity index (χ0v) is 12.2. The highest BCUT2D eigenvalue weighted by molar-refractivity contribution is 4.81. The summed E-state index contributed by atoms with van der Waals surface area (Å²) in [6.45, 7) is 12.2. The highest BCUT2D eigenvalue weighted by Crippen LogP contribution is 2.35. The number of ether oxygens (including phenoxy) is 1.